The average molecular weight is 175 g/mol. The molecule has 1 amide bonds. The SMILES string of the molecule is C=CCc1cccc(C)c1C(N)=O. The molecule has 0 unspecified atom stereocenters. The van der Waals surface area contributed by atoms with Gasteiger partial charge >= 0.3 is 0 Å². The van der Waals surface area contributed by atoms with Crippen molar-refractivity contribution >= 4 is 5.91 Å². The van der Waals surface area contributed by atoms with Crippen LogP contribution in [-0.2, 0) is 6.42 Å². The number of amides is 1. The lowest BCUT2D eigenvalue weighted by Gasteiger charge is -2.06. The molecule has 1 aromatic rings. The Hall–Kier alpha value is -1.57. The molecule has 0 bridgehead atoms. The quantitative estimate of drug-likeness (QED) is 0.699. The van der Waals surface area contributed by atoms with Crippen LogP contribution in [0.3, 0.4) is 0 Å². The topological polar surface area (TPSA) is 43.1 Å². The van der Waals surface area contributed by atoms with Gasteiger partial charge in [0.25, 0.3) is 0 Å². The molecule has 68 valence electrons. The molecule has 0 aliphatic carbocycles. The number of allylic oxidation sites excluding steroid dienone is 1. The molecule has 1 aromatic carbocycles. The second-order valence-corrected chi connectivity index (χ2v) is 2.97. The number of rotatable bonds is 3. The van der Waals surface area contributed by atoms with Gasteiger partial charge in [0.15, 0.2) is 0 Å². The Bertz CT molecular complexity index is 342. The Kier molecular flexibility index (Phi) is 2.85. The first kappa shape index (κ1) is 9.52. The Morgan fingerprint density at radius 3 is 2.85 bits per heavy atom. The molecular weight excluding hydrogens is 162 g/mol. The molecule has 0 fully saturated rings. The molecule has 0 atom stereocenters. The van der Waals surface area contributed by atoms with Crippen LogP contribution in [0.15, 0.2) is 30.9 Å². The van der Waals surface area contributed by atoms with E-state index in [0.29, 0.717) is 12.0 Å². The molecule has 0 spiro atoms. The van der Waals surface area contributed by atoms with Gasteiger partial charge in [0, 0.05) is 5.56 Å². The van der Waals surface area contributed by atoms with Gasteiger partial charge in [-0.2, -0.15) is 0 Å². The van der Waals surface area contributed by atoms with E-state index in [-0.39, 0.29) is 5.91 Å². The Labute approximate surface area is 78.1 Å². The van der Waals surface area contributed by atoms with E-state index >= 15 is 0 Å². The minimum atomic E-state index is -0.366. The summed E-state index contributed by atoms with van der Waals surface area (Å²) in [5.41, 5.74) is 7.77. The van der Waals surface area contributed by atoms with Crippen LogP contribution in [0, 0.1) is 6.92 Å². The fraction of sp³-hybridized carbons (Fsp3) is 0.182. The number of carbonyl (C=O) groups excluding carboxylic acids is 1. The normalized spacial score (nSPS) is 9.62. The maximum atomic E-state index is 11.1. The van der Waals surface area contributed by atoms with Crippen LogP contribution in [-0.4, -0.2) is 5.91 Å². The number of benzene rings is 1. The number of nitrogens with two attached hydrogens (primary N) is 1. The molecule has 0 saturated carbocycles. The third-order valence-electron chi connectivity index (χ3n) is 1.97. The molecule has 1 rings (SSSR count). The van der Waals surface area contributed by atoms with Crippen LogP contribution in [0.25, 0.3) is 0 Å². The van der Waals surface area contributed by atoms with Crippen molar-refractivity contribution in [1.29, 1.82) is 0 Å². The third-order valence-corrected chi connectivity index (χ3v) is 1.97. The highest BCUT2D eigenvalue weighted by Crippen LogP contribution is 2.14. The fourth-order valence-corrected chi connectivity index (χ4v) is 1.41. The van der Waals surface area contributed by atoms with Crippen LogP contribution in [0.4, 0.5) is 0 Å². The van der Waals surface area contributed by atoms with E-state index in [4.69, 9.17) is 5.73 Å². The average Bonchev–Trinajstić information content (AvgIpc) is 2.04. The molecule has 0 aromatic heterocycles. The highest BCUT2D eigenvalue weighted by Gasteiger charge is 2.08. The van der Waals surface area contributed by atoms with Crippen molar-refractivity contribution in [3.8, 4) is 0 Å². The Balaban J connectivity index is 3.25. The van der Waals surface area contributed by atoms with Crippen LogP contribution >= 0.6 is 0 Å². The van der Waals surface area contributed by atoms with Gasteiger partial charge in [-0.15, -0.1) is 6.58 Å². The van der Waals surface area contributed by atoms with Crippen LogP contribution in [0.5, 0.6) is 0 Å². The van der Waals surface area contributed by atoms with E-state index in [0.717, 1.165) is 11.1 Å². The van der Waals surface area contributed by atoms with Crippen LogP contribution in [0.2, 0.25) is 0 Å². The number of primary amides is 1. The van der Waals surface area contributed by atoms with Crippen molar-refractivity contribution in [2.45, 2.75) is 13.3 Å². The zero-order valence-corrected chi connectivity index (χ0v) is 7.71. The number of carbonyl (C=O) groups is 1. The largest absolute Gasteiger partial charge is 0.366 e. The predicted octanol–water partition coefficient (Wildman–Crippen LogP) is 1.82. The highest BCUT2D eigenvalue weighted by molar-refractivity contribution is 5.95. The van der Waals surface area contributed by atoms with Gasteiger partial charge in [-0.25, -0.2) is 0 Å². The standard InChI is InChI=1S/C11H13NO/c1-3-5-9-7-4-6-8(2)10(9)11(12)13/h3-4,6-7H,1,5H2,2H3,(H2,12,13). The van der Waals surface area contributed by atoms with Gasteiger partial charge in [-0.1, -0.05) is 24.3 Å². The van der Waals surface area contributed by atoms with E-state index in [1.54, 1.807) is 6.08 Å². The summed E-state index contributed by atoms with van der Waals surface area (Å²) in [6.07, 6.45) is 2.45. The minimum absolute atomic E-state index is 0.366. The van der Waals surface area contributed by atoms with Gasteiger partial charge in [0.1, 0.15) is 0 Å². The predicted molar refractivity (Wildman–Crippen MR) is 53.6 cm³/mol. The first-order valence-electron chi connectivity index (χ1n) is 4.16. The monoisotopic (exact) mass is 175 g/mol. The maximum absolute atomic E-state index is 11.1. The summed E-state index contributed by atoms with van der Waals surface area (Å²) in [6, 6.07) is 5.70. The number of aryl methyl sites for hydroxylation is 1. The van der Waals surface area contributed by atoms with E-state index in [1.807, 2.05) is 25.1 Å². The molecule has 0 aliphatic heterocycles. The molecule has 0 radical (unpaired) electrons. The molecule has 0 saturated heterocycles. The van der Waals surface area contributed by atoms with Crippen molar-refractivity contribution in [2.24, 2.45) is 5.73 Å². The van der Waals surface area contributed by atoms with E-state index in [9.17, 15) is 4.79 Å². The fourth-order valence-electron chi connectivity index (χ4n) is 1.41. The van der Waals surface area contributed by atoms with E-state index < -0.39 is 0 Å². The Morgan fingerprint density at radius 2 is 2.31 bits per heavy atom. The first-order chi connectivity index (χ1) is 6.16. The molecule has 2 nitrogen and oxygen atoms in total. The molecule has 2 N–H and O–H groups in total. The summed E-state index contributed by atoms with van der Waals surface area (Å²) >= 11 is 0. The van der Waals surface area contributed by atoms with Gasteiger partial charge < -0.3 is 5.73 Å². The first-order valence-corrected chi connectivity index (χ1v) is 4.16. The van der Waals surface area contributed by atoms with E-state index in [2.05, 4.69) is 6.58 Å². The Morgan fingerprint density at radius 1 is 1.62 bits per heavy atom. The van der Waals surface area contributed by atoms with Gasteiger partial charge in [-0.3, -0.25) is 4.79 Å². The van der Waals surface area contributed by atoms with Crippen molar-refractivity contribution < 1.29 is 4.79 Å². The van der Waals surface area contributed by atoms with Gasteiger partial charge in [0.05, 0.1) is 0 Å². The lowest BCUT2D eigenvalue weighted by molar-refractivity contribution is 0.0999. The molecular formula is C11H13NO. The van der Waals surface area contributed by atoms with Crippen molar-refractivity contribution in [2.75, 3.05) is 0 Å². The van der Waals surface area contributed by atoms with E-state index in [1.165, 1.54) is 0 Å². The zero-order valence-electron chi connectivity index (χ0n) is 7.71. The van der Waals surface area contributed by atoms with Crippen LogP contribution < -0.4 is 5.73 Å². The maximum Gasteiger partial charge on any atom is 0.249 e. The molecule has 13 heavy (non-hydrogen) atoms. The van der Waals surface area contributed by atoms with Crippen molar-refractivity contribution in [1.82, 2.24) is 0 Å². The summed E-state index contributed by atoms with van der Waals surface area (Å²) in [4.78, 5) is 11.1. The lowest BCUT2D eigenvalue weighted by atomic mass is 9.99. The molecule has 0 aliphatic rings. The lowest BCUT2D eigenvalue weighted by Crippen LogP contribution is -2.15. The molecule has 0 heterocycles. The van der Waals surface area contributed by atoms with Gasteiger partial charge in [-0.05, 0) is 24.5 Å². The third kappa shape index (κ3) is 1.96. The summed E-state index contributed by atoms with van der Waals surface area (Å²) in [7, 11) is 0. The van der Waals surface area contributed by atoms with Crippen molar-refractivity contribution in [3.05, 3.63) is 47.5 Å². The number of hydrogen-bond acceptors (Lipinski definition) is 1. The second-order valence-electron chi connectivity index (χ2n) is 2.97. The summed E-state index contributed by atoms with van der Waals surface area (Å²) in [6.45, 7) is 5.52. The summed E-state index contributed by atoms with van der Waals surface area (Å²) < 4.78 is 0. The molecule has 2 heteroatoms. The second kappa shape index (κ2) is 3.90. The minimum Gasteiger partial charge on any atom is -0.366 e. The zero-order chi connectivity index (χ0) is 9.84. The summed E-state index contributed by atoms with van der Waals surface area (Å²) in [5.74, 6) is -0.366. The van der Waals surface area contributed by atoms with Crippen molar-refractivity contribution in [3.63, 3.8) is 0 Å². The van der Waals surface area contributed by atoms with Crippen LogP contribution in [0.1, 0.15) is 21.5 Å². The summed E-state index contributed by atoms with van der Waals surface area (Å²) in [5, 5.41) is 0. The highest BCUT2D eigenvalue weighted by atomic mass is 16.1. The number of hydrogen-bond donors (Lipinski definition) is 1. The smallest absolute Gasteiger partial charge is 0.249 e. The van der Waals surface area contributed by atoms with Gasteiger partial charge in [0.2, 0.25) is 5.91 Å².